The maximum Gasteiger partial charge on any atom is 0.321 e. The van der Waals surface area contributed by atoms with E-state index in [9.17, 15) is 4.79 Å². The van der Waals surface area contributed by atoms with Gasteiger partial charge in [-0.05, 0) is 31.0 Å². The first-order valence-corrected chi connectivity index (χ1v) is 9.16. The number of halogens is 1. The molecule has 126 valence electrons. The average Bonchev–Trinajstić information content (AvgIpc) is 2.84. The quantitative estimate of drug-likeness (QED) is 0.822. The number of nitrogens with one attached hydrogen (secondary N) is 1. The Morgan fingerprint density at radius 1 is 1.04 bits per heavy atom. The van der Waals surface area contributed by atoms with Crippen LogP contribution in [0.4, 0.5) is 10.5 Å². The van der Waals surface area contributed by atoms with Crippen molar-refractivity contribution in [3.63, 3.8) is 0 Å². The van der Waals surface area contributed by atoms with Crippen LogP contribution in [0.15, 0.2) is 24.3 Å². The van der Waals surface area contributed by atoms with Gasteiger partial charge in [0, 0.05) is 42.9 Å². The van der Waals surface area contributed by atoms with Gasteiger partial charge in [-0.1, -0.05) is 43.4 Å². The van der Waals surface area contributed by atoms with Gasteiger partial charge in [0.05, 0.1) is 0 Å². The molecule has 1 saturated carbocycles. The molecule has 0 aromatic heterocycles. The summed E-state index contributed by atoms with van der Waals surface area (Å²) < 4.78 is 0. The summed E-state index contributed by atoms with van der Waals surface area (Å²) in [5.41, 5.74) is 0.758. The van der Waals surface area contributed by atoms with Crippen LogP contribution in [-0.4, -0.2) is 48.1 Å². The van der Waals surface area contributed by atoms with Gasteiger partial charge < -0.3 is 10.2 Å². The fourth-order valence-corrected chi connectivity index (χ4v) is 3.87. The summed E-state index contributed by atoms with van der Waals surface area (Å²) in [5, 5.41) is 3.58. The summed E-state index contributed by atoms with van der Waals surface area (Å²) >= 11 is 5.96. The molecular weight excluding hydrogens is 310 g/mol. The number of anilines is 1. The molecular formula is C18H26ClN3O. The molecule has 1 heterocycles. The fourth-order valence-electron chi connectivity index (χ4n) is 3.68. The Balaban J connectivity index is 1.49. The maximum atomic E-state index is 12.4. The highest BCUT2D eigenvalue weighted by Crippen LogP contribution is 2.23. The van der Waals surface area contributed by atoms with E-state index in [0.29, 0.717) is 5.02 Å². The first kappa shape index (κ1) is 16.6. The third-order valence-corrected chi connectivity index (χ3v) is 5.25. The lowest BCUT2D eigenvalue weighted by Gasteiger charge is -2.39. The van der Waals surface area contributed by atoms with E-state index in [1.54, 1.807) is 6.07 Å². The lowest BCUT2D eigenvalue weighted by molar-refractivity contribution is 0.105. The highest BCUT2D eigenvalue weighted by molar-refractivity contribution is 6.30. The molecule has 5 heteroatoms. The molecule has 23 heavy (non-hydrogen) atoms. The minimum Gasteiger partial charge on any atom is -0.322 e. The van der Waals surface area contributed by atoms with Crippen molar-refractivity contribution >= 4 is 23.3 Å². The van der Waals surface area contributed by atoms with Crippen molar-refractivity contribution in [1.29, 1.82) is 0 Å². The monoisotopic (exact) mass is 335 g/mol. The number of hydrogen-bond donors (Lipinski definition) is 1. The number of carbonyl (C=O) groups excluding carboxylic acids is 1. The first-order valence-electron chi connectivity index (χ1n) is 8.78. The Bertz CT molecular complexity index is 521. The highest BCUT2D eigenvalue weighted by Gasteiger charge is 2.26. The van der Waals surface area contributed by atoms with Crippen molar-refractivity contribution < 1.29 is 4.79 Å². The molecule has 1 aromatic rings. The summed E-state index contributed by atoms with van der Waals surface area (Å²) in [5.74, 6) is 0. The van der Waals surface area contributed by atoms with E-state index in [0.717, 1.165) is 37.9 Å². The van der Waals surface area contributed by atoms with Gasteiger partial charge >= 0.3 is 6.03 Å². The molecule has 0 radical (unpaired) electrons. The van der Waals surface area contributed by atoms with Crippen molar-refractivity contribution in [2.75, 3.05) is 31.5 Å². The molecule has 2 amide bonds. The molecule has 1 saturated heterocycles. The summed E-state index contributed by atoms with van der Waals surface area (Å²) in [4.78, 5) is 16.9. The lowest BCUT2D eigenvalue weighted by atomic mass is 10.1. The molecule has 1 aliphatic carbocycles. The molecule has 0 bridgehead atoms. The average molecular weight is 336 g/mol. The number of hydrogen-bond acceptors (Lipinski definition) is 2. The maximum absolute atomic E-state index is 12.4. The Morgan fingerprint density at radius 2 is 1.74 bits per heavy atom. The van der Waals surface area contributed by atoms with E-state index >= 15 is 0 Å². The van der Waals surface area contributed by atoms with Crippen LogP contribution in [0.2, 0.25) is 5.02 Å². The predicted molar refractivity (Wildman–Crippen MR) is 95.1 cm³/mol. The molecule has 1 N–H and O–H groups in total. The van der Waals surface area contributed by atoms with Gasteiger partial charge in [-0.15, -0.1) is 0 Å². The second-order valence-electron chi connectivity index (χ2n) is 6.61. The smallest absolute Gasteiger partial charge is 0.321 e. The van der Waals surface area contributed by atoms with Gasteiger partial charge in [0.15, 0.2) is 0 Å². The van der Waals surface area contributed by atoms with E-state index in [1.165, 1.54) is 38.5 Å². The SMILES string of the molecule is O=C(Nc1cccc(Cl)c1)N1CCN(C2CCCCCC2)CC1. The number of piperazine rings is 1. The van der Waals surface area contributed by atoms with E-state index in [2.05, 4.69) is 10.2 Å². The zero-order valence-corrected chi connectivity index (χ0v) is 14.4. The Morgan fingerprint density at radius 3 is 2.39 bits per heavy atom. The highest BCUT2D eigenvalue weighted by atomic mass is 35.5. The van der Waals surface area contributed by atoms with Gasteiger partial charge in [0.2, 0.25) is 0 Å². The van der Waals surface area contributed by atoms with E-state index in [1.807, 2.05) is 23.1 Å². The Labute approximate surface area is 143 Å². The molecule has 1 aliphatic heterocycles. The summed E-state index contributed by atoms with van der Waals surface area (Å²) in [6.45, 7) is 3.60. The molecule has 4 nitrogen and oxygen atoms in total. The minimum atomic E-state index is -0.0206. The third-order valence-electron chi connectivity index (χ3n) is 5.02. The van der Waals surface area contributed by atoms with Gasteiger partial charge in [-0.2, -0.15) is 0 Å². The predicted octanol–water partition coefficient (Wildman–Crippen LogP) is 4.21. The van der Waals surface area contributed by atoms with Crippen molar-refractivity contribution in [1.82, 2.24) is 9.80 Å². The Kier molecular flexibility index (Phi) is 5.79. The van der Waals surface area contributed by atoms with Crippen LogP contribution in [0.25, 0.3) is 0 Å². The van der Waals surface area contributed by atoms with Crippen LogP contribution < -0.4 is 5.32 Å². The number of nitrogens with zero attached hydrogens (tertiary/aromatic N) is 2. The molecule has 2 aliphatic rings. The molecule has 0 unspecified atom stereocenters. The number of urea groups is 1. The van der Waals surface area contributed by atoms with Crippen LogP contribution >= 0.6 is 11.6 Å². The summed E-state index contributed by atoms with van der Waals surface area (Å²) in [7, 11) is 0. The van der Waals surface area contributed by atoms with Crippen molar-refractivity contribution in [2.24, 2.45) is 0 Å². The van der Waals surface area contributed by atoms with Crippen LogP contribution in [0.3, 0.4) is 0 Å². The summed E-state index contributed by atoms with van der Waals surface area (Å²) in [6, 6.07) is 8.01. The van der Waals surface area contributed by atoms with Crippen LogP contribution in [0, 0.1) is 0 Å². The van der Waals surface area contributed by atoms with Crippen LogP contribution in [-0.2, 0) is 0 Å². The van der Waals surface area contributed by atoms with Crippen molar-refractivity contribution in [3.05, 3.63) is 29.3 Å². The zero-order chi connectivity index (χ0) is 16.1. The number of benzene rings is 1. The lowest BCUT2D eigenvalue weighted by Crippen LogP contribution is -2.52. The molecule has 2 fully saturated rings. The molecule has 3 rings (SSSR count). The van der Waals surface area contributed by atoms with Gasteiger partial charge in [0.25, 0.3) is 0 Å². The van der Waals surface area contributed by atoms with Gasteiger partial charge in [-0.3, -0.25) is 4.90 Å². The fraction of sp³-hybridized carbons (Fsp3) is 0.611. The second kappa shape index (κ2) is 8.02. The van der Waals surface area contributed by atoms with Crippen LogP contribution in [0.5, 0.6) is 0 Å². The topological polar surface area (TPSA) is 35.6 Å². The normalized spacial score (nSPS) is 21.0. The van der Waals surface area contributed by atoms with Crippen molar-refractivity contribution in [3.8, 4) is 0 Å². The number of amides is 2. The molecule has 1 aromatic carbocycles. The van der Waals surface area contributed by atoms with Crippen molar-refractivity contribution in [2.45, 2.75) is 44.6 Å². The molecule has 0 spiro atoms. The molecule has 0 atom stereocenters. The summed E-state index contributed by atoms with van der Waals surface area (Å²) in [6.07, 6.45) is 8.15. The number of rotatable bonds is 2. The van der Waals surface area contributed by atoms with Crippen LogP contribution in [0.1, 0.15) is 38.5 Å². The van der Waals surface area contributed by atoms with E-state index < -0.39 is 0 Å². The number of carbonyl (C=O) groups is 1. The standard InChI is InChI=1S/C18H26ClN3O/c19-15-6-5-7-16(14-15)20-18(23)22-12-10-21(11-13-22)17-8-3-1-2-4-9-17/h5-7,14,17H,1-4,8-13H2,(H,20,23). The Hall–Kier alpha value is -1.26. The first-order chi connectivity index (χ1) is 11.2. The largest absolute Gasteiger partial charge is 0.322 e. The third kappa shape index (κ3) is 4.61. The van der Waals surface area contributed by atoms with E-state index in [4.69, 9.17) is 11.6 Å². The second-order valence-corrected chi connectivity index (χ2v) is 7.05. The minimum absolute atomic E-state index is 0.0206. The van der Waals surface area contributed by atoms with Gasteiger partial charge in [0.1, 0.15) is 0 Å². The van der Waals surface area contributed by atoms with E-state index in [-0.39, 0.29) is 6.03 Å². The van der Waals surface area contributed by atoms with Gasteiger partial charge in [-0.25, -0.2) is 4.79 Å². The zero-order valence-electron chi connectivity index (χ0n) is 13.6.